The molecule has 2 N–H and O–H groups in total. The predicted molar refractivity (Wildman–Crippen MR) is 180 cm³/mol. The van der Waals surface area contributed by atoms with Crippen LogP contribution in [0.5, 0.6) is 5.75 Å². The van der Waals surface area contributed by atoms with Crippen molar-refractivity contribution in [2.24, 2.45) is 17.6 Å². The third-order valence-electron chi connectivity index (χ3n) is 11.1. The molecule has 4 aliphatic rings. The molecule has 6 heterocycles. The molecule has 1 saturated carbocycles. The highest BCUT2D eigenvalue weighted by atomic mass is 16.5. The highest BCUT2D eigenvalue weighted by molar-refractivity contribution is 6.01. The Bertz CT molecular complexity index is 2060. The van der Waals surface area contributed by atoms with Crippen LogP contribution >= 0.6 is 0 Å². The lowest BCUT2D eigenvalue weighted by Gasteiger charge is -2.27. The molecule has 0 spiro atoms. The molecule has 2 aromatic carbocycles. The number of aromatic nitrogens is 4. The van der Waals surface area contributed by atoms with Gasteiger partial charge in [0.25, 0.3) is 5.91 Å². The summed E-state index contributed by atoms with van der Waals surface area (Å²) in [5, 5.41) is 1.06. The van der Waals surface area contributed by atoms with Crippen LogP contribution in [0.15, 0.2) is 60.8 Å². The molecule has 9 rings (SSSR count). The Balaban J connectivity index is 1.21. The van der Waals surface area contributed by atoms with Gasteiger partial charge in [-0.2, -0.15) is 0 Å². The minimum Gasteiger partial charge on any atom is -0.494 e. The van der Waals surface area contributed by atoms with Gasteiger partial charge in [0, 0.05) is 73.4 Å². The number of hydrogen-bond acceptors (Lipinski definition) is 6. The molecule has 240 valence electrons. The first-order valence-electron chi connectivity index (χ1n) is 17.0. The van der Waals surface area contributed by atoms with Crippen molar-refractivity contribution >= 4 is 39.6 Å². The van der Waals surface area contributed by atoms with Gasteiger partial charge in [0.2, 0.25) is 5.91 Å². The fraction of sp³-hybridized carbons (Fsp3) is 0.405. The molecule has 1 aliphatic carbocycles. The summed E-state index contributed by atoms with van der Waals surface area (Å²) >= 11 is 0. The maximum absolute atomic E-state index is 14.0. The number of rotatable bonds is 2. The molecule has 4 bridgehead atoms. The smallest absolute Gasteiger partial charge is 0.254 e. The first-order valence-corrected chi connectivity index (χ1v) is 17.0. The summed E-state index contributed by atoms with van der Waals surface area (Å²) in [4.78, 5) is 41.5. The number of benzene rings is 2. The average molecular weight is 630 g/mol. The van der Waals surface area contributed by atoms with E-state index in [2.05, 4.69) is 39.5 Å². The molecule has 0 radical (unpaired) electrons. The van der Waals surface area contributed by atoms with Crippen molar-refractivity contribution in [1.82, 2.24) is 24.0 Å². The number of hydrogen-bond donors (Lipinski definition) is 1. The highest BCUT2D eigenvalue weighted by Gasteiger charge is 2.47. The standard InChI is InChI=1S/C37H39N7O3/c1-47-31-18-26(37(46)43-21-25-11-12-29(43)33(25)38)16-27-34(31)44-20-22-15-32(45)42(19-22)28-10-3-2-7-23(28)8-4-5-14-41-30(36(44)40-27)17-24-9-6-13-39-35(24)41/h2-3,6-7,9-10,13,16-18,22,25,29,33H,4-5,8,11-12,14-15,19-21,38H2,1H3/t22?,25-,29-,33?/m1/s1. The minimum absolute atomic E-state index is 0.0173. The average Bonchev–Trinajstić information content (AvgIpc) is 3.90. The van der Waals surface area contributed by atoms with Crippen LogP contribution in [0.1, 0.15) is 48.0 Å². The summed E-state index contributed by atoms with van der Waals surface area (Å²) in [5.74, 6) is 1.97. The molecular weight excluding hydrogens is 590 g/mol. The molecule has 47 heavy (non-hydrogen) atoms. The molecule has 5 aromatic rings. The number of aryl methyl sites for hydroxylation is 2. The summed E-state index contributed by atoms with van der Waals surface area (Å²) in [6.07, 6.45) is 7.16. The number of carbonyl (C=O) groups excluding carboxylic acids is 2. The molecule has 10 nitrogen and oxygen atoms in total. The number of piperidine rings is 1. The number of imidazole rings is 1. The van der Waals surface area contributed by atoms with Gasteiger partial charge in [-0.15, -0.1) is 0 Å². The molecule has 3 aromatic heterocycles. The molecule has 3 aliphatic heterocycles. The van der Waals surface area contributed by atoms with E-state index < -0.39 is 0 Å². The van der Waals surface area contributed by atoms with Crippen LogP contribution in [0, 0.1) is 11.8 Å². The van der Waals surface area contributed by atoms with Gasteiger partial charge in [0.15, 0.2) is 5.82 Å². The Morgan fingerprint density at radius 3 is 2.72 bits per heavy atom. The molecule has 2 amide bonds. The lowest BCUT2D eigenvalue weighted by atomic mass is 10.0. The van der Waals surface area contributed by atoms with Crippen LogP contribution in [-0.2, 0) is 24.3 Å². The van der Waals surface area contributed by atoms with Crippen LogP contribution in [0.25, 0.3) is 33.6 Å². The number of methoxy groups -OCH3 is 1. The first-order chi connectivity index (χ1) is 23.0. The van der Waals surface area contributed by atoms with E-state index >= 15 is 0 Å². The van der Waals surface area contributed by atoms with Crippen LogP contribution in [0.4, 0.5) is 5.69 Å². The number of ether oxygens (including phenoxy) is 1. The molecular formula is C37H39N7O3. The normalized spacial score (nSPS) is 24.0. The summed E-state index contributed by atoms with van der Waals surface area (Å²) in [5.41, 5.74) is 12.7. The van der Waals surface area contributed by atoms with Crippen LogP contribution < -0.4 is 15.4 Å². The van der Waals surface area contributed by atoms with Crippen LogP contribution in [0.3, 0.4) is 0 Å². The monoisotopic (exact) mass is 629 g/mol. The molecule has 4 atom stereocenters. The van der Waals surface area contributed by atoms with Gasteiger partial charge in [0.05, 0.1) is 18.3 Å². The largest absolute Gasteiger partial charge is 0.494 e. The number of likely N-dealkylation sites (tertiary alicyclic amines) is 1. The summed E-state index contributed by atoms with van der Waals surface area (Å²) in [7, 11) is 1.65. The Hall–Kier alpha value is -4.70. The van der Waals surface area contributed by atoms with Crippen molar-refractivity contribution in [3.8, 4) is 17.3 Å². The van der Waals surface area contributed by atoms with Crippen LogP contribution in [-0.4, -0.2) is 68.1 Å². The second-order valence-electron chi connectivity index (χ2n) is 13.8. The molecule has 2 unspecified atom stereocenters. The van der Waals surface area contributed by atoms with E-state index in [4.69, 9.17) is 20.4 Å². The van der Waals surface area contributed by atoms with Gasteiger partial charge in [-0.05, 0) is 80.0 Å². The van der Waals surface area contributed by atoms with Crippen molar-refractivity contribution in [3.63, 3.8) is 0 Å². The van der Waals surface area contributed by atoms with Gasteiger partial charge >= 0.3 is 0 Å². The second-order valence-corrected chi connectivity index (χ2v) is 13.8. The zero-order valence-electron chi connectivity index (χ0n) is 26.6. The van der Waals surface area contributed by atoms with E-state index in [0.29, 0.717) is 48.8 Å². The highest BCUT2D eigenvalue weighted by Crippen LogP contribution is 2.40. The summed E-state index contributed by atoms with van der Waals surface area (Å²) in [6.45, 7) is 2.70. The van der Waals surface area contributed by atoms with E-state index in [1.807, 2.05) is 40.3 Å². The Kier molecular flexibility index (Phi) is 6.64. The van der Waals surface area contributed by atoms with E-state index in [1.165, 1.54) is 5.56 Å². The van der Waals surface area contributed by atoms with Crippen LogP contribution in [0.2, 0.25) is 0 Å². The maximum Gasteiger partial charge on any atom is 0.254 e. The van der Waals surface area contributed by atoms with E-state index in [0.717, 1.165) is 72.4 Å². The zero-order valence-corrected chi connectivity index (χ0v) is 26.6. The van der Waals surface area contributed by atoms with Crippen molar-refractivity contribution in [1.29, 1.82) is 0 Å². The van der Waals surface area contributed by atoms with Gasteiger partial charge in [0.1, 0.15) is 16.9 Å². The quantitative estimate of drug-likeness (QED) is 0.294. The lowest BCUT2D eigenvalue weighted by Crippen LogP contribution is -2.41. The molecule has 3 fully saturated rings. The number of carbonyl (C=O) groups is 2. The third-order valence-corrected chi connectivity index (χ3v) is 11.1. The van der Waals surface area contributed by atoms with Crippen molar-refractivity contribution in [3.05, 3.63) is 71.9 Å². The fourth-order valence-corrected chi connectivity index (χ4v) is 8.79. The van der Waals surface area contributed by atoms with Crippen molar-refractivity contribution in [2.75, 3.05) is 25.1 Å². The number of anilines is 1. The minimum atomic E-state index is -0.0173. The fourth-order valence-electron chi connectivity index (χ4n) is 8.79. The first kappa shape index (κ1) is 28.5. The Morgan fingerprint density at radius 1 is 1.00 bits per heavy atom. The van der Waals surface area contributed by atoms with E-state index in [1.54, 1.807) is 7.11 Å². The van der Waals surface area contributed by atoms with Gasteiger partial charge in [-0.25, -0.2) is 9.97 Å². The van der Waals surface area contributed by atoms with Crippen molar-refractivity contribution < 1.29 is 14.3 Å². The third kappa shape index (κ3) is 4.48. The van der Waals surface area contributed by atoms with Gasteiger partial charge < -0.3 is 29.4 Å². The van der Waals surface area contributed by atoms with E-state index in [-0.39, 0.29) is 29.8 Å². The Morgan fingerprint density at radius 2 is 1.89 bits per heavy atom. The number of amides is 2. The van der Waals surface area contributed by atoms with E-state index in [9.17, 15) is 9.59 Å². The number of para-hydroxylation sites is 1. The topological polar surface area (TPSA) is 112 Å². The molecule has 2 saturated heterocycles. The Labute approximate surface area is 273 Å². The van der Waals surface area contributed by atoms with Gasteiger partial charge in [-0.1, -0.05) is 18.2 Å². The maximum atomic E-state index is 14.0. The molecule has 10 heteroatoms. The number of fused-ring (bicyclic) bond motifs is 13. The number of nitrogens with two attached hydrogens (primary N) is 1. The SMILES string of the molecule is COc1cc(C(=O)N2C[C@H]3CC[C@@H]2C3N)cc2nc3n(c12)CC1CC(=O)N(C1)c1ccccc1CCCCn1c-3cc2cccnc21. The lowest BCUT2D eigenvalue weighted by molar-refractivity contribution is -0.117. The zero-order chi connectivity index (χ0) is 31.8. The summed E-state index contributed by atoms with van der Waals surface area (Å²) < 4.78 is 10.6. The van der Waals surface area contributed by atoms with Crippen molar-refractivity contribution in [2.45, 2.75) is 63.7 Å². The number of nitrogens with zero attached hydrogens (tertiary/aromatic N) is 6. The summed E-state index contributed by atoms with van der Waals surface area (Å²) in [6, 6.07) is 18.5. The predicted octanol–water partition coefficient (Wildman–Crippen LogP) is 5.01. The second kappa shape index (κ2) is 10.9. The van der Waals surface area contributed by atoms with Gasteiger partial charge in [-0.3, -0.25) is 9.59 Å². The number of pyridine rings is 1.